The van der Waals surface area contributed by atoms with Gasteiger partial charge in [-0.25, -0.2) is 0 Å². The van der Waals surface area contributed by atoms with Gasteiger partial charge in [0.15, 0.2) is 0 Å². The van der Waals surface area contributed by atoms with Crippen LogP contribution in [0.2, 0.25) is 0 Å². The Labute approximate surface area is 133 Å². The topological polar surface area (TPSA) is 61.8 Å². The van der Waals surface area contributed by atoms with Crippen molar-refractivity contribution in [2.45, 2.75) is 12.5 Å². The molecular weight excluding hydrogens is 336 g/mol. The summed E-state index contributed by atoms with van der Waals surface area (Å²) in [5.74, 6) is 0.141. The van der Waals surface area contributed by atoms with E-state index in [4.69, 9.17) is 4.74 Å². The average Bonchev–Trinajstić information content (AvgIpc) is 2.52. The molecule has 5 nitrogen and oxygen atoms in total. The fourth-order valence-corrected chi connectivity index (χ4v) is 2.65. The maximum absolute atomic E-state index is 11.9. The van der Waals surface area contributed by atoms with Gasteiger partial charge in [-0.05, 0) is 17.7 Å². The monoisotopic (exact) mass is 356 g/mol. The maximum Gasteiger partial charge on any atom is 0.224 e. The summed E-state index contributed by atoms with van der Waals surface area (Å²) >= 11 is 3.38. The van der Waals surface area contributed by atoms with Crippen LogP contribution in [0.4, 0.5) is 0 Å². The van der Waals surface area contributed by atoms with Crippen LogP contribution in [-0.2, 0) is 9.53 Å². The molecule has 2 rings (SSSR count). The molecule has 1 aromatic carbocycles. The number of amides is 1. The number of hydrogen-bond donors (Lipinski definition) is 2. The minimum Gasteiger partial charge on any atom is -0.387 e. The lowest BCUT2D eigenvalue weighted by Crippen LogP contribution is -2.41. The molecule has 2 N–H and O–H groups in total. The first-order chi connectivity index (χ1) is 10.2. The van der Waals surface area contributed by atoms with Crippen molar-refractivity contribution < 1.29 is 14.6 Å². The molecule has 1 aromatic rings. The van der Waals surface area contributed by atoms with Gasteiger partial charge in [-0.15, -0.1) is 0 Å². The molecule has 0 saturated carbocycles. The van der Waals surface area contributed by atoms with Gasteiger partial charge in [0.25, 0.3) is 0 Å². The highest BCUT2D eigenvalue weighted by Crippen LogP contribution is 2.17. The van der Waals surface area contributed by atoms with E-state index in [2.05, 4.69) is 21.2 Å². The Morgan fingerprint density at radius 1 is 1.43 bits per heavy atom. The largest absolute Gasteiger partial charge is 0.387 e. The van der Waals surface area contributed by atoms with Crippen molar-refractivity contribution in [3.8, 4) is 0 Å². The molecule has 1 unspecified atom stereocenters. The van der Waals surface area contributed by atoms with Gasteiger partial charge in [0.2, 0.25) is 5.91 Å². The summed E-state index contributed by atoms with van der Waals surface area (Å²) in [4.78, 5) is 13.7. The molecule has 1 saturated heterocycles. The SMILES string of the molecule is O=C(CCNCC(O)c1cccc(Br)c1)N1CCOCC1. The molecule has 6 heteroatoms. The first kappa shape index (κ1) is 16.4. The van der Waals surface area contributed by atoms with Crippen LogP contribution in [0.3, 0.4) is 0 Å². The van der Waals surface area contributed by atoms with Crippen LogP contribution in [0.25, 0.3) is 0 Å². The van der Waals surface area contributed by atoms with E-state index in [1.807, 2.05) is 29.2 Å². The number of halogens is 1. The number of hydrogen-bond acceptors (Lipinski definition) is 4. The van der Waals surface area contributed by atoms with Gasteiger partial charge < -0.3 is 20.1 Å². The smallest absolute Gasteiger partial charge is 0.224 e. The zero-order valence-corrected chi connectivity index (χ0v) is 13.5. The lowest BCUT2D eigenvalue weighted by atomic mass is 10.1. The zero-order valence-electron chi connectivity index (χ0n) is 11.9. The number of nitrogens with zero attached hydrogens (tertiary/aromatic N) is 1. The van der Waals surface area contributed by atoms with E-state index in [-0.39, 0.29) is 5.91 Å². The number of aliphatic hydroxyl groups is 1. The highest BCUT2D eigenvalue weighted by molar-refractivity contribution is 9.10. The van der Waals surface area contributed by atoms with Gasteiger partial charge in [0, 0.05) is 37.1 Å². The van der Waals surface area contributed by atoms with Crippen LogP contribution in [0.5, 0.6) is 0 Å². The normalized spacial score (nSPS) is 16.8. The highest BCUT2D eigenvalue weighted by Gasteiger charge is 2.16. The van der Waals surface area contributed by atoms with Gasteiger partial charge in [-0.3, -0.25) is 4.79 Å². The van der Waals surface area contributed by atoms with E-state index in [1.54, 1.807) is 0 Å². The second-order valence-electron chi connectivity index (χ2n) is 5.02. The highest BCUT2D eigenvalue weighted by atomic mass is 79.9. The number of carbonyl (C=O) groups excluding carboxylic acids is 1. The van der Waals surface area contributed by atoms with Crippen LogP contribution in [-0.4, -0.2) is 55.3 Å². The van der Waals surface area contributed by atoms with E-state index in [9.17, 15) is 9.90 Å². The van der Waals surface area contributed by atoms with E-state index in [0.29, 0.717) is 45.8 Å². The Hall–Kier alpha value is -0.950. The fourth-order valence-electron chi connectivity index (χ4n) is 2.24. The molecule has 1 fully saturated rings. The molecule has 1 aliphatic rings. The molecule has 116 valence electrons. The second-order valence-corrected chi connectivity index (χ2v) is 5.93. The van der Waals surface area contributed by atoms with Crippen LogP contribution < -0.4 is 5.32 Å². The quantitative estimate of drug-likeness (QED) is 0.754. The van der Waals surface area contributed by atoms with Crippen molar-refractivity contribution in [2.75, 3.05) is 39.4 Å². The summed E-state index contributed by atoms with van der Waals surface area (Å²) in [6.07, 6.45) is -0.119. The fraction of sp³-hybridized carbons (Fsp3) is 0.533. The molecule has 1 heterocycles. The first-order valence-electron chi connectivity index (χ1n) is 7.16. The summed E-state index contributed by atoms with van der Waals surface area (Å²) in [7, 11) is 0. The predicted molar refractivity (Wildman–Crippen MR) is 84.0 cm³/mol. The zero-order chi connectivity index (χ0) is 15.1. The molecule has 0 spiro atoms. The standard InChI is InChI=1S/C15H21BrN2O3/c16-13-3-1-2-12(10-13)14(19)11-17-5-4-15(20)18-6-8-21-9-7-18/h1-3,10,14,17,19H,4-9,11H2. The summed E-state index contributed by atoms with van der Waals surface area (Å²) in [5.41, 5.74) is 0.858. The van der Waals surface area contributed by atoms with Crippen molar-refractivity contribution in [2.24, 2.45) is 0 Å². The van der Waals surface area contributed by atoms with Crippen LogP contribution >= 0.6 is 15.9 Å². The number of ether oxygens (including phenoxy) is 1. The van der Waals surface area contributed by atoms with Crippen LogP contribution in [0, 0.1) is 0 Å². The maximum atomic E-state index is 11.9. The molecule has 0 aliphatic carbocycles. The Balaban J connectivity index is 1.66. The molecule has 1 amide bonds. The minimum atomic E-state index is -0.569. The van der Waals surface area contributed by atoms with Gasteiger partial charge in [-0.1, -0.05) is 28.1 Å². The summed E-state index contributed by atoms with van der Waals surface area (Å²) in [5, 5.41) is 13.2. The minimum absolute atomic E-state index is 0.141. The van der Waals surface area contributed by atoms with Gasteiger partial charge in [0.1, 0.15) is 0 Å². The van der Waals surface area contributed by atoms with Crippen molar-refractivity contribution in [3.63, 3.8) is 0 Å². The molecule has 1 aliphatic heterocycles. The van der Waals surface area contributed by atoms with Crippen LogP contribution in [0.1, 0.15) is 18.1 Å². The third kappa shape index (κ3) is 5.39. The van der Waals surface area contributed by atoms with E-state index >= 15 is 0 Å². The van der Waals surface area contributed by atoms with Crippen molar-refractivity contribution in [3.05, 3.63) is 34.3 Å². The lowest BCUT2D eigenvalue weighted by molar-refractivity contribution is -0.135. The summed E-state index contributed by atoms with van der Waals surface area (Å²) in [6, 6.07) is 7.59. The number of rotatable bonds is 6. The number of benzene rings is 1. The predicted octanol–water partition coefficient (Wildman–Crippen LogP) is 1.32. The molecule has 0 aromatic heterocycles. The van der Waals surface area contributed by atoms with Crippen LogP contribution in [0.15, 0.2) is 28.7 Å². The lowest BCUT2D eigenvalue weighted by Gasteiger charge is -2.27. The third-order valence-corrected chi connectivity index (χ3v) is 3.94. The number of carbonyl (C=O) groups is 1. The number of nitrogens with one attached hydrogen (secondary N) is 1. The van der Waals surface area contributed by atoms with E-state index in [1.165, 1.54) is 0 Å². The van der Waals surface area contributed by atoms with Gasteiger partial charge in [-0.2, -0.15) is 0 Å². The Kier molecular flexibility index (Phi) is 6.63. The molecule has 1 atom stereocenters. The molecule has 0 radical (unpaired) electrons. The molecular formula is C15H21BrN2O3. The Morgan fingerprint density at radius 2 is 2.19 bits per heavy atom. The third-order valence-electron chi connectivity index (χ3n) is 3.45. The van der Waals surface area contributed by atoms with Gasteiger partial charge in [0.05, 0.1) is 19.3 Å². The van der Waals surface area contributed by atoms with Crippen molar-refractivity contribution in [1.82, 2.24) is 10.2 Å². The second kappa shape index (κ2) is 8.48. The Bertz CT molecular complexity index is 464. The van der Waals surface area contributed by atoms with Gasteiger partial charge >= 0.3 is 0 Å². The van der Waals surface area contributed by atoms with E-state index < -0.39 is 6.10 Å². The summed E-state index contributed by atoms with van der Waals surface area (Å²) < 4.78 is 6.17. The first-order valence-corrected chi connectivity index (χ1v) is 7.96. The van der Waals surface area contributed by atoms with Crippen molar-refractivity contribution in [1.29, 1.82) is 0 Å². The summed E-state index contributed by atoms with van der Waals surface area (Å²) in [6.45, 7) is 3.62. The number of morpholine rings is 1. The molecule has 0 bridgehead atoms. The Morgan fingerprint density at radius 3 is 2.90 bits per heavy atom. The van der Waals surface area contributed by atoms with E-state index in [0.717, 1.165) is 10.0 Å². The number of aliphatic hydroxyl groups excluding tert-OH is 1. The molecule has 21 heavy (non-hydrogen) atoms. The van der Waals surface area contributed by atoms with Crippen molar-refractivity contribution >= 4 is 21.8 Å². The average molecular weight is 357 g/mol.